The van der Waals surface area contributed by atoms with E-state index in [4.69, 9.17) is 4.74 Å². The van der Waals surface area contributed by atoms with Crippen LogP contribution in [-0.2, 0) is 16.1 Å². The van der Waals surface area contributed by atoms with E-state index in [2.05, 4.69) is 42.7 Å². The molecule has 2 aliphatic heterocycles. The highest BCUT2D eigenvalue weighted by atomic mass is 32.1. The first kappa shape index (κ1) is 18.9. The van der Waals surface area contributed by atoms with Crippen LogP contribution in [0, 0.1) is 18.3 Å². The molecule has 0 saturated carbocycles. The molecule has 25 heavy (non-hydrogen) atoms. The van der Waals surface area contributed by atoms with E-state index in [1.54, 1.807) is 0 Å². The largest absolute Gasteiger partial charge is 0.466 e. The molecule has 0 N–H and O–H groups in total. The van der Waals surface area contributed by atoms with Crippen LogP contribution in [0.5, 0.6) is 0 Å². The number of likely N-dealkylation sites (tertiary alicyclic amines) is 2. The predicted molar refractivity (Wildman–Crippen MR) is 103 cm³/mol. The van der Waals surface area contributed by atoms with Gasteiger partial charge in [0.25, 0.3) is 0 Å². The Kier molecular flexibility index (Phi) is 5.86. The van der Waals surface area contributed by atoms with Crippen molar-refractivity contribution in [3.05, 3.63) is 21.9 Å². The Bertz CT molecular complexity index is 600. The van der Waals surface area contributed by atoms with Crippen molar-refractivity contribution in [2.45, 2.75) is 53.1 Å². The fourth-order valence-electron chi connectivity index (χ4n) is 4.49. The molecular formula is C20H32N2O2S. The second-order valence-corrected chi connectivity index (χ2v) is 9.32. The van der Waals surface area contributed by atoms with Gasteiger partial charge in [-0.1, -0.05) is 0 Å². The normalized spacial score (nSPS) is 28.1. The van der Waals surface area contributed by atoms with E-state index in [0.29, 0.717) is 18.6 Å². The Balaban J connectivity index is 1.78. The highest BCUT2D eigenvalue weighted by Gasteiger charge is 2.54. The van der Waals surface area contributed by atoms with Crippen LogP contribution in [0.25, 0.3) is 0 Å². The predicted octanol–water partition coefficient (Wildman–Crippen LogP) is 3.54. The van der Waals surface area contributed by atoms with Gasteiger partial charge in [0.1, 0.15) is 0 Å². The molecule has 0 bridgehead atoms. The number of rotatable bonds is 5. The van der Waals surface area contributed by atoms with Crippen LogP contribution in [0.4, 0.5) is 0 Å². The molecule has 2 aliphatic rings. The summed E-state index contributed by atoms with van der Waals surface area (Å²) in [6.45, 7) is 14.0. The molecule has 1 aromatic rings. The minimum atomic E-state index is -0.305. The Hall–Kier alpha value is -0.910. The standard InChI is InChI=1S/C20H32N2O2S/c1-5-24-19(23)20-9-6-10-21(13-18-8-7-16(4)25-18)11-17(20)12-22(14-20)15(2)3/h7-8,15,17H,5-6,9-14H2,1-4H3/t17-,20-/m0/s1. The van der Waals surface area contributed by atoms with Crippen molar-refractivity contribution in [1.29, 1.82) is 0 Å². The number of hydrogen-bond donors (Lipinski definition) is 0. The lowest BCUT2D eigenvalue weighted by atomic mass is 9.75. The van der Waals surface area contributed by atoms with Gasteiger partial charge in [-0.05, 0) is 59.2 Å². The van der Waals surface area contributed by atoms with Crippen molar-refractivity contribution >= 4 is 17.3 Å². The maximum atomic E-state index is 12.9. The third-order valence-electron chi connectivity index (χ3n) is 5.89. The third-order valence-corrected chi connectivity index (χ3v) is 6.87. The van der Waals surface area contributed by atoms with Crippen LogP contribution in [0.3, 0.4) is 0 Å². The van der Waals surface area contributed by atoms with Gasteiger partial charge < -0.3 is 4.74 Å². The molecule has 140 valence electrons. The van der Waals surface area contributed by atoms with Crippen molar-refractivity contribution in [2.24, 2.45) is 11.3 Å². The molecule has 4 nitrogen and oxygen atoms in total. The highest BCUT2D eigenvalue weighted by molar-refractivity contribution is 7.11. The highest BCUT2D eigenvalue weighted by Crippen LogP contribution is 2.44. The minimum Gasteiger partial charge on any atom is -0.466 e. The average Bonchev–Trinajstić information content (AvgIpc) is 3.08. The maximum Gasteiger partial charge on any atom is 0.313 e. The summed E-state index contributed by atoms with van der Waals surface area (Å²) in [5.41, 5.74) is -0.305. The first-order chi connectivity index (χ1) is 11.9. The third kappa shape index (κ3) is 3.93. The van der Waals surface area contributed by atoms with E-state index in [1.165, 1.54) is 9.75 Å². The van der Waals surface area contributed by atoms with E-state index in [-0.39, 0.29) is 11.4 Å². The number of nitrogens with zero attached hydrogens (tertiary/aromatic N) is 2. The Morgan fingerprint density at radius 3 is 2.84 bits per heavy atom. The summed E-state index contributed by atoms with van der Waals surface area (Å²) in [7, 11) is 0. The molecule has 2 fully saturated rings. The van der Waals surface area contributed by atoms with Crippen LogP contribution in [0.1, 0.15) is 43.4 Å². The first-order valence-corrected chi connectivity index (χ1v) is 10.4. The summed E-state index contributed by atoms with van der Waals surface area (Å²) in [5.74, 6) is 0.412. The summed E-state index contributed by atoms with van der Waals surface area (Å²) in [6.07, 6.45) is 2.03. The van der Waals surface area contributed by atoms with Crippen LogP contribution in [0.15, 0.2) is 12.1 Å². The molecule has 2 saturated heterocycles. The number of ether oxygens (including phenoxy) is 1. The van der Waals surface area contributed by atoms with E-state index < -0.39 is 0 Å². The summed E-state index contributed by atoms with van der Waals surface area (Å²) in [4.78, 5) is 20.8. The van der Waals surface area contributed by atoms with Gasteiger partial charge in [-0.3, -0.25) is 14.6 Å². The SMILES string of the molecule is CCOC(=O)[C@]12CCCN(Cc3ccc(C)s3)C[C@H]1CN(C(C)C)C2. The van der Waals surface area contributed by atoms with Gasteiger partial charge in [0, 0.05) is 47.9 Å². The quantitative estimate of drug-likeness (QED) is 0.748. The monoisotopic (exact) mass is 364 g/mol. The zero-order chi connectivity index (χ0) is 18.0. The number of esters is 1. The lowest BCUT2D eigenvalue weighted by Crippen LogP contribution is -2.42. The smallest absolute Gasteiger partial charge is 0.313 e. The second-order valence-electron chi connectivity index (χ2n) is 7.95. The summed E-state index contributed by atoms with van der Waals surface area (Å²) >= 11 is 1.89. The number of thiophene rings is 1. The van der Waals surface area contributed by atoms with Crippen LogP contribution < -0.4 is 0 Å². The zero-order valence-electron chi connectivity index (χ0n) is 16.1. The molecule has 0 amide bonds. The van der Waals surface area contributed by atoms with Crippen molar-refractivity contribution in [3.63, 3.8) is 0 Å². The molecule has 0 radical (unpaired) electrons. The number of aryl methyl sites for hydroxylation is 1. The van der Waals surface area contributed by atoms with Gasteiger partial charge in [0.05, 0.1) is 12.0 Å². The minimum absolute atomic E-state index is 0.0389. The zero-order valence-corrected chi connectivity index (χ0v) is 16.9. The topological polar surface area (TPSA) is 32.8 Å². The number of fused-ring (bicyclic) bond motifs is 1. The fourth-order valence-corrected chi connectivity index (χ4v) is 5.42. The van der Waals surface area contributed by atoms with E-state index >= 15 is 0 Å². The van der Waals surface area contributed by atoms with E-state index in [0.717, 1.165) is 45.6 Å². The molecule has 0 aromatic carbocycles. The van der Waals surface area contributed by atoms with E-state index in [9.17, 15) is 4.79 Å². The lowest BCUT2D eigenvalue weighted by molar-refractivity contribution is -0.157. The number of hydrogen-bond acceptors (Lipinski definition) is 5. The van der Waals surface area contributed by atoms with Gasteiger partial charge >= 0.3 is 5.97 Å². The molecule has 1 aromatic heterocycles. The molecule has 0 unspecified atom stereocenters. The average molecular weight is 365 g/mol. The Morgan fingerprint density at radius 2 is 2.20 bits per heavy atom. The van der Waals surface area contributed by atoms with Gasteiger partial charge in [0.15, 0.2) is 0 Å². The second kappa shape index (κ2) is 7.77. The van der Waals surface area contributed by atoms with Crippen LogP contribution in [-0.4, -0.2) is 54.6 Å². The molecule has 0 spiro atoms. The van der Waals surface area contributed by atoms with Crippen LogP contribution >= 0.6 is 11.3 Å². The van der Waals surface area contributed by atoms with Crippen molar-refractivity contribution in [2.75, 3.05) is 32.8 Å². The number of carbonyl (C=O) groups is 1. The number of carbonyl (C=O) groups excluding carboxylic acids is 1. The van der Waals surface area contributed by atoms with Crippen molar-refractivity contribution in [3.8, 4) is 0 Å². The summed E-state index contributed by atoms with van der Waals surface area (Å²) < 4.78 is 5.54. The molecule has 0 aliphatic carbocycles. The Morgan fingerprint density at radius 1 is 1.40 bits per heavy atom. The molecule has 3 heterocycles. The van der Waals surface area contributed by atoms with Gasteiger partial charge in [-0.15, -0.1) is 11.3 Å². The van der Waals surface area contributed by atoms with Gasteiger partial charge in [-0.2, -0.15) is 0 Å². The van der Waals surface area contributed by atoms with Crippen LogP contribution in [0.2, 0.25) is 0 Å². The first-order valence-electron chi connectivity index (χ1n) is 9.63. The van der Waals surface area contributed by atoms with E-state index in [1.807, 2.05) is 18.3 Å². The summed E-state index contributed by atoms with van der Waals surface area (Å²) in [5, 5.41) is 0. The maximum absolute atomic E-state index is 12.9. The molecular weight excluding hydrogens is 332 g/mol. The fraction of sp³-hybridized carbons (Fsp3) is 0.750. The molecule has 5 heteroatoms. The molecule has 2 atom stereocenters. The van der Waals surface area contributed by atoms with Crippen molar-refractivity contribution in [1.82, 2.24) is 9.80 Å². The lowest BCUT2D eigenvalue weighted by Gasteiger charge is -2.31. The van der Waals surface area contributed by atoms with Crippen molar-refractivity contribution < 1.29 is 9.53 Å². The summed E-state index contributed by atoms with van der Waals surface area (Å²) in [6, 6.07) is 4.93. The van der Waals surface area contributed by atoms with Gasteiger partial charge in [-0.25, -0.2) is 0 Å². The van der Waals surface area contributed by atoms with Gasteiger partial charge in [0.2, 0.25) is 0 Å². The Labute approximate surface area is 156 Å². The molecule has 3 rings (SSSR count).